The summed E-state index contributed by atoms with van der Waals surface area (Å²) in [6.45, 7) is 3.76. The number of hydrogen-bond donors (Lipinski definition) is 1. The third-order valence-corrected chi connectivity index (χ3v) is 5.76. The Morgan fingerprint density at radius 3 is 2.50 bits per heavy atom. The van der Waals surface area contributed by atoms with Crippen molar-refractivity contribution in [3.05, 3.63) is 71.0 Å². The molecule has 7 nitrogen and oxygen atoms in total. The topological polar surface area (TPSA) is 86.1 Å². The van der Waals surface area contributed by atoms with E-state index in [1.165, 1.54) is 11.8 Å². The molecule has 0 fully saturated rings. The Bertz CT molecular complexity index is 1050. The second-order valence-corrected chi connectivity index (χ2v) is 7.79. The number of thioether (sulfide) groups is 1. The number of aryl methyl sites for hydroxylation is 1. The van der Waals surface area contributed by atoms with Crippen molar-refractivity contribution in [2.45, 2.75) is 25.0 Å². The van der Waals surface area contributed by atoms with E-state index < -0.39 is 0 Å². The zero-order valence-electron chi connectivity index (χ0n) is 17.4. The van der Waals surface area contributed by atoms with E-state index in [-0.39, 0.29) is 23.5 Å². The van der Waals surface area contributed by atoms with Gasteiger partial charge in [0.1, 0.15) is 5.75 Å². The molecule has 1 heterocycles. The second-order valence-electron chi connectivity index (χ2n) is 6.85. The average molecular weight is 425 g/mol. The lowest BCUT2D eigenvalue weighted by Crippen LogP contribution is -2.29. The Kier molecular flexibility index (Phi) is 6.89. The molecule has 156 valence electrons. The number of aromatic nitrogens is 3. The van der Waals surface area contributed by atoms with Crippen LogP contribution in [-0.4, -0.2) is 39.3 Å². The largest absolute Gasteiger partial charge is 0.497 e. The number of methoxy groups -OCH3 is 1. The van der Waals surface area contributed by atoms with Crippen LogP contribution in [-0.2, 0) is 7.05 Å². The monoisotopic (exact) mass is 424 g/mol. The highest BCUT2D eigenvalue weighted by Gasteiger charge is 2.20. The van der Waals surface area contributed by atoms with Gasteiger partial charge in [-0.25, -0.2) is 0 Å². The van der Waals surface area contributed by atoms with E-state index in [4.69, 9.17) is 4.74 Å². The summed E-state index contributed by atoms with van der Waals surface area (Å²) in [6, 6.07) is 14.1. The SMILES string of the molecule is COc1ccc(C(=O)CSc2nnc([C@@H](C)NC(=O)c3ccccc3C)n2C)cc1. The number of nitrogens with zero attached hydrogens (tertiary/aromatic N) is 3. The van der Waals surface area contributed by atoms with Crippen molar-refractivity contribution in [2.24, 2.45) is 7.05 Å². The van der Waals surface area contributed by atoms with Gasteiger partial charge in [-0.15, -0.1) is 10.2 Å². The first-order chi connectivity index (χ1) is 14.4. The molecule has 8 heteroatoms. The predicted molar refractivity (Wildman–Crippen MR) is 116 cm³/mol. The number of ether oxygens (including phenoxy) is 1. The van der Waals surface area contributed by atoms with Crippen LogP contribution in [0.25, 0.3) is 0 Å². The van der Waals surface area contributed by atoms with Crippen molar-refractivity contribution in [2.75, 3.05) is 12.9 Å². The fourth-order valence-corrected chi connectivity index (χ4v) is 3.80. The van der Waals surface area contributed by atoms with Gasteiger partial charge in [0.2, 0.25) is 0 Å². The van der Waals surface area contributed by atoms with Gasteiger partial charge in [0.15, 0.2) is 16.8 Å². The summed E-state index contributed by atoms with van der Waals surface area (Å²) in [5, 5.41) is 12.0. The van der Waals surface area contributed by atoms with Gasteiger partial charge in [-0.05, 0) is 49.7 Å². The van der Waals surface area contributed by atoms with Gasteiger partial charge in [-0.2, -0.15) is 0 Å². The summed E-state index contributed by atoms with van der Waals surface area (Å²) in [6.07, 6.45) is 0. The molecule has 3 rings (SSSR count). The van der Waals surface area contributed by atoms with Crippen molar-refractivity contribution in [3.8, 4) is 5.75 Å². The minimum absolute atomic E-state index is 0.00638. The van der Waals surface area contributed by atoms with Crippen LogP contribution in [0.3, 0.4) is 0 Å². The van der Waals surface area contributed by atoms with Gasteiger partial charge in [-0.1, -0.05) is 30.0 Å². The molecule has 1 N–H and O–H groups in total. The van der Waals surface area contributed by atoms with Crippen molar-refractivity contribution in [1.82, 2.24) is 20.1 Å². The number of nitrogens with one attached hydrogen (secondary N) is 1. The summed E-state index contributed by atoms with van der Waals surface area (Å²) in [4.78, 5) is 25.0. The highest BCUT2D eigenvalue weighted by atomic mass is 32.2. The molecule has 30 heavy (non-hydrogen) atoms. The Morgan fingerprint density at radius 2 is 1.83 bits per heavy atom. The number of carbonyl (C=O) groups excluding carboxylic acids is 2. The van der Waals surface area contributed by atoms with Crippen molar-refractivity contribution in [1.29, 1.82) is 0 Å². The molecule has 1 aromatic heterocycles. The number of Topliss-reactive ketones (excluding diaryl/α,β-unsaturated/α-hetero) is 1. The third-order valence-electron chi connectivity index (χ3n) is 4.74. The van der Waals surface area contributed by atoms with Gasteiger partial charge >= 0.3 is 0 Å². The van der Waals surface area contributed by atoms with Crippen LogP contribution in [0.2, 0.25) is 0 Å². The van der Waals surface area contributed by atoms with Crippen LogP contribution >= 0.6 is 11.8 Å². The van der Waals surface area contributed by atoms with Gasteiger partial charge in [-0.3, -0.25) is 9.59 Å². The Hall–Kier alpha value is -3.13. The summed E-state index contributed by atoms with van der Waals surface area (Å²) in [5.74, 6) is 1.40. The average Bonchev–Trinajstić information content (AvgIpc) is 3.12. The van der Waals surface area contributed by atoms with Crippen LogP contribution in [0, 0.1) is 6.92 Å². The predicted octanol–water partition coefficient (Wildman–Crippen LogP) is 3.60. The molecule has 1 amide bonds. The molecule has 3 aromatic rings. The molecule has 0 aliphatic rings. The number of amides is 1. The zero-order valence-corrected chi connectivity index (χ0v) is 18.2. The van der Waals surface area contributed by atoms with Gasteiger partial charge in [0, 0.05) is 18.2 Å². The Morgan fingerprint density at radius 1 is 1.13 bits per heavy atom. The number of benzene rings is 2. The lowest BCUT2D eigenvalue weighted by molar-refractivity contribution is 0.0936. The number of hydrogen-bond acceptors (Lipinski definition) is 6. The maximum absolute atomic E-state index is 12.6. The molecule has 0 unspecified atom stereocenters. The molecule has 0 saturated heterocycles. The standard InChI is InChI=1S/C22H24N4O3S/c1-14-7-5-6-8-18(14)21(28)23-15(2)20-24-25-22(26(20)3)30-13-19(27)16-9-11-17(29-4)12-10-16/h5-12,15H,13H2,1-4H3,(H,23,28)/t15-/m1/s1. The molecule has 0 saturated carbocycles. The van der Waals surface area contributed by atoms with Crippen LogP contribution in [0.1, 0.15) is 45.1 Å². The maximum Gasteiger partial charge on any atom is 0.252 e. The molecule has 0 bridgehead atoms. The minimum atomic E-state index is -0.332. The number of ketones is 1. The molecule has 2 aromatic carbocycles. The first kappa shape index (κ1) is 21.6. The normalized spacial score (nSPS) is 11.7. The highest BCUT2D eigenvalue weighted by molar-refractivity contribution is 7.99. The van der Waals surface area contributed by atoms with Crippen molar-refractivity contribution in [3.63, 3.8) is 0 Å². The molecule has 0 radical (unpaired) electrons. The smallest absolute Gasteiger partial charge is 0.252 e. The Balaban J connectivity index is 1.62. The van der Waals surface area contributed by atoms with Gasteiger partial charge < -0.3 is 14.6 Å². The van der Waals surface area contributed by atoms with Gasteiger partial charge in [0.25, 0.3) is 5.91 Å². The van der Waals surface area contributed by atoms with E-state index in [0.717, 1.165) is 5.56 Å². The zero-order chi connectivity index (χ0) is 21.7. The maximum atomic E-state index is 12.6. The van der Waals surface area contributed by atoms with Crippen LogP contribution < -0.4 is 10.1 Å². The molecule has 0 aliphatic carbocycles. The number of carbonyl (C=O) groups is 2. The van der Waals surface area contributed by atoms with E-state index in [9.17, 15) is 9.59 Å². The molecular weight excluding hydrogens is 400 g/mol. The van der Waals surface area contributed by atoms with Gasteiger partial charge in [0.05, 0.1) is 18.9 Å². The first-order valence-corrected chi connectivity index (χ1v) is 10.4. The molecule has 0 spiro atoms. The minimum Gasteiger partial charge on any atom is -0.497 e. The fourth-order valence-electron chi connectivity index (χ4n) is 2.99. The van der Waals surface area contributed by atoms with E-state index in [0.29, 0.717) is 27.9 Å². The quantitative estimate of drug-likeness (QED) is 0.439. The summed E-state index contributed by atoms with van der Waals surface area (Å²) in [5.41, 5.74) is 2.16. The summed E-state index contributed by atoms with van der Waals surface area (Å²) in [7, 11) is 3.41. The lowest BCUT2D eigenvalue weighted by atomic mass is 10.1. The third kappa shape index (κ3) is 4.88. The first-order valence-electron chi connectivity index (χ1n) is 9.46. The van der Waals surface area contributed by atoms with E-state index in [2.05, 4.69) is 15.5 Å². The van der Waals surface area contributed by atoms with Crippen molar-refractivity contribution >= 4 is 23.5 Å². The van der Waals surface area contributed by atoms with Crippen LogP contribution in [0.15, 0.2) is 53.7 Å². The Labute approximate surface area is 179 Å². The van der Waals surface area contributed by atoms with E-state index in [1.54, 1.807) is 42.0 Å². The molecular formula is C22H24N4O3S. The van der Waals surface area contributed by atoms with Crippen LogP contribution in [0.5, 0.6) is 5.75 Å². The summed E-state index contributed by atoms with van der Waals surface area (Å²) < 4.78 is 6.91. The van der Waals surface area contributed by atoms with E-state index >= 15 is 0 Å². The highest BCUT2D eigenvalue weighted by Crippen LogP contribution is 2.21. The van der Waals surface area contributed by atoms with E-state index in [1.807, 2.05) is 39.1 Å². The number of rotatable bonds is 8. The second kappa shape index (κ2) is 9.58. The lowest BCUT2D eigenvalue weighted by Gasteiger charge is -2.14. The molecule has 0 aliphatic heterocycles. The summed E-state index contributed by atoms with van der Waals surface area (Å²) >= 11 is 1.31. The fraction of sp³-hybridized carbons (Fsp3) is 0.273. The van der Waals surface area contributed by atoms with Crippen molar-refractivity contribution < 1.29 is 14.3 Å². The molecule has 1 atom stereocenters. The van der Waals surface area contributed by atoms with Crippen LogP contribution in [0.4, 0.5) is 0 Å².